The molecule has 8 heteroatoms. The summed E-state index contributed by atoms with van der Waals surface area (Å²) < 4.78 is 26.8. The predicted octanol–water partition coefficient (Wildman–Crippen LogP) is 1.78. The van der Waals surface area contributed by atoms with Gasteiger partial charge in [-0.3, -0.25) is 15.1 Å². The minimum atomic E-state index is -3.96. The highest BCUT2D eigenvalue weighted by molar-refractivity contribution is 7.89. The second-order valence-corrected chi connectivity index (χ2v) is 6.14. The number of hydrogen-bond donors (Lipinski definition) is 1. The maximum absolute atomic E-state index is 12.2. The fraction of sp³-hybridized carbons (Fsp3) is 0.154. The normalized spacial score (nSPS) is 11.3. The van der Waals surface area contributed by atoms with Gasteiger partial charge in [-0.2, -0.15) is 0 Å². The molecule has 0 aliphatic heterocycles. The molecule has 1 aromatic heterocycles. The highest BCUT2D eigenvalue weighted by atomic mass is 32.2. The van der Waals surface area contributed by atoms with Gasteiger partial charge in [-0.15, -0.1) is 0 Å². The third kappa shape index (κ3) is 3.61. The molecule has 0 saturated heterocycles. The molecule has 21 heavy (non-hydrogen) atoms. The number of nitrogens with zero attached hydrogens (tertiary/aromatic N) is 2. The predicted molar refractivity (Wildman–Crippen MR) is 76.1 cm³/mol. The smallest absolute Gasteiger partial charge is 0.265 e. The lowest BCUT2D eigenvalue weighted by Crippen LogP contribution is -2.24. The fourth-order valence-electron chi connectivity index (χ4n) is 1.75. The Hall–Kier alpha value is -2.32. The van der Waals surface area contributed by atoms with Crippen molar-refractivity contribution in [3.8, 4) is 0 Å². The van der Waals surface area contributed by atoms with Crippen LogP contribution in [0.2, 0.25) is 0 Å². The number of nitro benzene ring substituents is 1. The monoisotopic (exact) mass is 307 g/mol. The van der Waals surface area contributed by atoms with Crippen molar-refractivity contribution < 1.29 is 13.3 Å². The van der Waals surface area contributed by atoms with Crippen molar-refractivity contribution in [2.24, 2.45) is 0 Å². The highest BCUT2D eigenvalue weighted by Gasteiger charge is 2.25. The molecule has 1 heterocycles. The second kappa shape index (κ2) is 5.98. The van der Waals surface area contributed by atoms with Crippen LogP contribution in [0.25, 0.3) is 0 Å². The Morgan fingerprint density at radius 2 is 1.90 bits per heavy atom. The van der Waals surface area contributed by atoms with Crippen LogP contribution in [0.3, 0.4) is 0 Å². The summed E-state index contributed by atoms with van der Waals surface area (Å²) in [7, 11) is -3.96. The lowest BCUT2D eigenvalue weighted by molar-refractivity contribution is -0.387. The fourth-order valence-corrected chi connectivity index (χ4v) is 2.92. The van der Waals surface area contributed by atoms with Crippen molar-refractivity contribution in [3.63, 3.8) is 0 Å². The highest BCUT2D eigenvalue weighted by Crippen LogP contribution is 2.24. The minimum Gasteiger partial charge on any atom is -0.265 e. The molecule has 0 aliphatic rings. The van der Waals surface area contributed by atoms with E-state index in [2.05, 4.69) is 9.71 Å². The van der Waals surface area contributed by atoms with Crippen LogP contribution in [0, 0.1) is 17.0 Å². The van der Waals surface area contributed by atoms with Gasteiger partial charge in [0.05, 0.1) is 4.92 Å². The quantitative estimate of drug-likeness (QED) is 0.670. The molecule has 0 aliphatic carbocycles. The lowest BCUT2D eigenvalue weighted by Gasteiger charge is -2.08. The van der Waals surface area contributed by atoms with Gasteiger partial charge in [0.15, 0.2) is 4.90 Å². The number of aromatic nitrogens is 1. The van der Waals surface area contributed by atoms with Crippen LogP contribution in [0.5, 0.6) is 0 Å². The van der Waals surface area contributed by atoms with E-state index in [0.717, 1.165) is 0 Å². The largest absolute Gasteiger partial charge is 0.289 e. The molecule has 0 spiro atoms. The Labute approximate surface area is 121 Å². The van der Waals surface area contributed by atoms with E-state index in [1.807, 2.05) is 0 Å². The third-order valence-corrected chi connectivity index (χ3v) is 4.26. The Kier molecular flexibility index (Phi) is 4.29. The van der Waals surface area contributed by atoms with Gasteiger partial charge in [0.25, 0.3) is 5.69 Å². The molecule has 7 nitrogen and oxygen atoms in total. The van der Waals surface area contributed by atoms with Crippen LogP contribution in [0.4, 0.5) is 5.69 Å². The van der Waals surface area contributed by atoms with Gasteiger partial charge in [-0.1, -0.05) is 6.07 Å². The summed E-state index contributed by atoms with van der Waals surface area (Å²) in [5, 5.41) is 11.0. The Bertz CT molecular complexity index is 760. The van der Waals surface area contributed by atoms with Crippen molar-refractivity contribution in [1.82, 2.24) is 9.71 Å². The zero-order chi connectivity index (χ0) is 15.5. The molecular weight excluding hydrogens is 294 g/mol. The Balaban J connectivity index is 2.30. The number of benzene rings is 1. The van der Waals surface area contributed by atoms with Crippen molar-refractivity contribution in [2.75, 3.05) is 0 Å². The zero-order valence-corrected chi connectivity index (χ0v) is 12.0. The SMILES string of the molecule is Cc1ccc(S(=O)(=O)NCc2ccncc2)c([N+](=O)[O-])c1. The van der Waals surface area contributed by atoms with Gasteiger partial charge in [-0.05, 0) is 36.2 Å². The van der Waals surface area contributed by atoms with Crippen molar-refractivity contribution in [1.29, 1.82) is 0 Å². The first-order valence-electron chi connectivity index (χ1n) is 6.04. The first kappa shape index (κ1) is 15.1. The van der Waals surface area contributed by atoms with Crippen molar-refractivity contribution >= 4 is 15.7 Å². The number of hydrogen-bond acceptors (Lipinski definition) is 5. The van der Waals surface area contributed by atoms with Gasteiger partial charge in [0.2, 0.25) is 10.0 Å². The number of nitro groups is 1. The molecule has 0 bridgehead atoms. The molecule has 110 valence electrons. The molecule has 0 saturated carbocycles. The van der Waals surface area contributed by atoms with Crippen LogP contribution in [-0.4, -0.2) is 18.3 Å². The molecule has 0 unspecified atom stereocenters. The maximum Gasteiger partial charge on any atom is 0.289 e. The van der Waals surface area contributed by atoms with E-state index in [9.17, 15) is 18.5 Å². The van der Waals surface area contributed by atoms with E-state index in [0.29, 0.717) is 11.1 Å². The topological polar surface area (TPSA) is 102 Å². The first-order valence-corrected chi connectivity index (χ1v) is 7.52. The molecular formula is C13H13N3O4S. The summed E-state index contributed by atoms with van der Waals surface area (Å²) in [6.45, 7) is 1.70. The molecule has 0 fully saturated rings. The van der Waals surface area contributed by atoms with Gasteiger partial charge < -0.3 is 0 Å². The summed E-state index contributed by atoms with van der Waals surface area (Å²) >= 11 is 0. The lowest BCUT2D eigenvalue weighted by atomic mass is 10.2. The van der Waals surface area contributed by atoms with E-state index < -0.39 is 20.6 Å². The minimum absolute atomic E-state index is 0.0376. The Morgan fingerprint density at radius 3 is 2.52 bits per heavy atom. The number of rotatable bonds is 5. The summed E-state index contributed by atoms with van der Waals surface area (Å²) in [5.41, 5.74) is 0.898. The van der Waals surface area contributed by atoms with Crippen molar-refractivity contribution in [3.05, 3.63) is 64.0 Å². The Morgan fingerprint density at radius 1 is 1.24 bits per heavy atom. The van der Waals surface area contributed by atoms with E-state index in [1.54, 1.807) is 19.1 Å². The van der Waals surface area contributed by atoms with Crippen LogP contribution < -0.4 is 4.72 Å². The van der Waals surface area contributed by atoms with E-state index in [1.165, 1.54) is 30.6 Å². The molecule has 2 aromatic rings. The average molecular weight is 307 g/mol. The molecule has 1 aromatic carbocycles. The summed E-state index contributed by atoms with van der Waals surface area (Å²) in [4.78, 5) is 13.8. The molecule has 0 amide bonds. The number of sulfonamides is 1. The molecule has 0 atom stereocenters. The molecule has 0 radical (unpaired) electrons. The maximum atomic E-state index is 12.2. The van der Waals surface area contributed by atoms with Crippen molar-refractivity contribution in [2.45, 2.75) is 18.4 Å². The summed E-state index contributed by atoms with van der Waals surface area (Å²) in [5.74, 6) is 0. The van der Waals surface area contributed by atoms with E-state index >= 15 is 0 Å². The summed E-state index contributed by atoms with van der Waals surface area (Å²) in [6.07, 6.45) is 3.08. The van der Waals surface area contributed by atoms with Gasteiger partial charge in [0.1, 0.15) is 0 Å². The van der Waals surface area contributed by atoms with E-state index in [-0.39, 0.29) is 11.4 Å². The van der Waals surface area contributed by atoms with Gasteiger partial charge in [0, 0.05) is 25.0 Å². The molecule has 2 rings (SSSR count). The standard InChI is InChI=1S/C13H13N3O4S/c1-10-2-3-13(12(8-10)16(17)18)21(19,20)15-9-11-4-6-14-7-5-11/h2-8,15H,9H2,1H3. The number of aryl methyl sites for hydroxylation is 1. The third-order valence-electron chi connectivity index (χ3n) is 2.82. The van der Waals surface area contributed by atoms with Gasteiger partial charge in [-0.25, -0.2) is 13.1 Å². The number of nitrogens with one attached hydrogen (secondary N) is 1. The van der Waals surface area contributed by atoms with Crippen LogP contribution in [0.15, 0.2) is 47.6 Å². The second-order valence-electron chi connectivity index (χ2n) is 4.41. The zero-order valence-electron chi connectivity index (χ0n) is 11.2. The number of pyridine rings is 1. The summed E-state index contributed by atoms with van der Waals surface area (Å²) in [6, 6.07) is 7.31. The van der Waals surface area contributed by atoms with Crippen LogP contribution in [0.1, 0.15) is 11.1 Å². The van der Waals surface area contributed by atoms with Crippen LogP contribution >= 0.6 is 0 Å². The van der Waals surface area contributed by atoms with E-state index in [4.69, 9.17) is 0 Å². The average Bonchev–Trinajstić information content (AvgIpc) is 2.46. The molecule has 1 N–H and O–H groups in total. The van der Waals surface area contributed by atoms with Crippen LogP contribution in [-0.2, 0) is 16.6 Å². The van der Waals surface area contributed by atoms with Gasteiger partial charge >= 0.3 is 0 Å². The first-order chi connectivity index (χ1) is 9.90.